The van der Waals surface area contributed by atoms with Gasteiger partial charge in [0.25, 0.3) is 0 Å². The second kappa shape index (κ2) is 11.7. The van der Waals surface area contributed by atoms with E-state index in [1.807, 2.05) is 0 Å². The first kappa shape index (κ1) is 28.1. The van der Waals surface area contributed by atoms with Crippen molar-refractivity contribution in [2.45, 2.75) is 6.54 Å². The van der Waals surface area contributed by atoms with Crippen molar-refractivity contribution in [3.05, 3.63) is 63.1 Å². The minimum absolute atomic E-state index is 0.0282. The van der Waals surface area contributed by atoms with Crippen molar-refractivity contribution < 1.29 is 46.9 Å². The minimum atomic E-state index is -1.48. The lowest BCUT2D eigenvalue weighted by Crippen LogP contribution is -2.23. The zero-order valence-electron chi connectivity index (χ0n) is 20.5. The maximum absolute atomic E-state index is 14.8. The highest BCUT2D eigenvalue weighted by Gasteiger charge is 2.26. The van der Waals surface area contributed by atoms with Crippen LogP contribution < -0.4 is 25.0 Å². The molecule has 0 aliphatic rings. The number of methoxy groups -OCH3 is 3. The van der Waals surface area contributed by atoms with Gasteiger partial charge in [-0.05, 0) is 18.2 Å². The van der Waals surface area contributed by atoms with Gasteiger partial charge in [-0.2, -0.15) is 0 Å². The Balaban J connectivity index is 1.89. The highest BCUT2D eigenvalue weighted by atomic mass is 32.1. The first-order valence-corrected chi connectivity index (χ1v) is 11.5. The van der Waals surface area contributed by atoms with E-state index in [2.05, 4.69) is 15.4 Å². The fraction of sp³-hybridized carbons (Fsp3) is 0.208. The maximum atomic E-state index is 14.8. The number of anilines is 3. The van der Waals surface area contributed by atoms with Gasteiger partial charge < -0.3 is 34.9 Å². The zero-order valence-corrected chi connectivity index (χ0v) is 21.3. The molecule has 14 heteroatoms. The molecule has 3 N–H and O–H groups in total. The van der Waals surface area contributed by atoms with Gasteiger partial charge in [0.15, 0.2) is 17.5 Å². The van der Waals surface area contributed by atoms with E-state index >= 15 is 0 Å². The molecule has 3 rings (SSSR count). The summed E-state index contributed by atoms with van der Waals surface area (Å²) in [7, 11) is 5.15. The van der Waals surface area contributed by atoms with E-state index < -0.39 is 41.0 Å². The number of benzene rings is 2. The number of carbonyl (C=O) groups is 3. The van der Waals surface area contributed by atoms with E-state index in [0.717, 1.165) is 30.6 Å². The third-order valence-electron chi connectivity index (χ3n) is 5.32. The van der Waals surface area contributed by atoms with E-state index in [-0.39, 0.29) is 45.5 Å². The van der Waals surface area contributed by atoms with E-state index in [4.69, 9.17) is 9.47 Å². The lowest BCUT2D eigenvalue weighted by Gasteiger charge is -2.24. The summed E-state index contributed by atoms with van der Waals surface area (Å²) in [5.74, 6) is -5.37. The largest absolute Gasteiger partial charge is 0.496 e. The fourth-order valence-electron chi connectivity index (χ4n) is 3.52. The minimum Gasteiger partial charge on any atom is -0.496 e. The molecule has 0 radical (unpaired) electrons. The Labute approximate surface area is 218 Å². The fourth-order valence-corrected chi connectivity index (χ4v) is 4.43. The van der Waals surface area contributed by atoms with Gasteiger partial charge in [0.1, 0.15) is 21.9 Å². The first-order chi connectivity index (χ1) is 18.0. The van der Waals surface area contributed by atoms with Crippen LogP contribution in [0.25, 0.3) is 0 Å². The summed E-state index contributed by atoms with van der Waals surface area (Å²) >= 11 is 0.743. The summed E-state index contributed by atoms with van der Waals surface area (Å²) in [6, 6.07) is 3.35. The standard InChI is InChI=1S/C24H22F3N3O7S/c1-30(9-11-17(35-2)6-5-12(25)20(11)27)16-8-14(13(26)7-18(16)36-3)28-24(34)29-15-10-38-21(23(33)37-4)19(15)22(31)32/h5-8,10H,9H2,1-4H3,(H,31,32)(H2,28,29,34). The molecular formula is C24H22F3N3O7S. The molecule has 2 aromatic carbocycles. The predicted molar refractivity (Wildman–Crippen MR) is 133 cm³/mol. The summed E-state index contributed by atoms with van der Waals surface area (Å²) < 4.78 is 58.0. The maximum Gasteiger partial charge on any atom is 0.349 e. The Morgan fingerprint density at radius 2 is 1.63 bits per heavy atom. The molecule has 202 valence electrons. The number of esters is 1. The predicted octanol–water partition coefficient (Wildman–Crippen LogP) is 4.95. The highest BCUT2D eigenvalue weighted by molar-refractivity contribution is 7.13. The van der Waals surface area contributed by atoms with Crippen LogP contribution in [0.2, 0.25) is 0 Å². The van der Waals surface area contributed by atoms with Crippen molar-refractivity contribution in [1.29, 1.82) is 0 Å². The third kappa shape index (κ3) is 5.75. The monoisotopic (exact) mass is 553 g/mol. The summed E-state index contributed by atoms with van der Waals surface area (Å²) in [6.07, 6.45) is 0. The third-order valence-corrected chi connectivity index (χ3v) is 6.28. The van der Waals surface area contributed by atoms with Gasteiger partial charge in [0.2, 0.25) is 0 Å². The average molecular weight is 554 g/mol. The average Bonchev–Trinajstić information content (AvgIpc) is 3.30. The molecule has 0 atom stereocenters. The van der Waals surface area contributed by atoms with Crippen LogP contribution in [0.15, 0.2) is 29.6 Å². The lowest BCUT2D eigenvalue weighted by molar-refractivity contribution is 0.0589. The molecule has 3 aromatic rings. The van der Waals surface area contributed by atoms with Crippen LogP contribution in [-0.2, 0) is 11.3 Å². The van der Waals surface area contributed by atoms with Crippen molar-refractivity contribution in [2.24, 2.45) is 0 Å². The molecule has 0 unspecified atom stereocenters. The molecular weight excluding hydrogens is 531 g/mol. The van der Waals surface area contributed by atoms with Gasteiger partial charge >= 0.3 is 18.0 Å². The molecule has 0 spiro atoms. The Morgan fingerprint density at radius 3 is 2.24 bits per heavy atom. The molecule has 0 aliphatic heterocycles. The van der Waals surface area contributed by atoms with Gasteiger partial charge in [0, 0.05) is 25.0 Å². The smallest absolute Gasteiger partial charge is 0.349 e. The van der Waals surface area contributed by atoms with Crippen LogP contribution in [0.1, 0.15) is 25.6 Å². The Morgan fingerprint density at radius 1 is 0.974 bits per heavy atom. The number of aromatic carboxylic acids is 1. The van der Waals surface area contributed by atoms with Crippen molar-refractivity contribution in [1.82, 2.24) is 0 Å². The number of thiophene rings is 1. The van der Waals surface area contributed by atoms with Gasteiger partial charge in [-0.3, -0.25) is 0 Å². The molecule has 38 heavy (non-hydrogen) atoms. The van der Waals surface area contributed by atoms with E-state index in [9.17, 15) is 32.7 Å². The molecule has 0 saturated heterocycles. The van der Waals surface area contributed by atoms with Crippen LogP contribution in [-0.4, -0.2) is 51.5 Å². The highest BCUT2D eigenvalue weighted by Crippen LogP contribution is 2.36. The van der Waals surface area contributed by atoms with Crippen molar-refractivity contribution >= 4 is 46.4 Å². The van der Waals surface area contributed by atoms with Crippen LogP contribution >= 0.6 is 11.3 Å². The number of carboxylic acids is 1. The number of hydrogen-bond donors (Lipinski definition) is 3. The summed E-state index contributed by atoms with van der Waals surface area (Å²) in [4.78, 5) is 37.2. The topological polar surface area (TPSA) is 126 Å². The normalized spacial score (nSPS) is 10.5. The molecule has 0 fully saturated rings. The number of nitrogens with zero attached hydrogens (tertiary/aromatic N) is 1. The van der Waals surface area contributed by atoms with Crippen LogP contribution in [0.3, 0.4) is 0 Å². The number of ether oxygens (including phenoxy) is 3. The second-order valence-corrected chi connectivity index (χ2v) is 8.51. The molecule has 1 aromatic heterocycles. The second-order valence-electron chi connectivity index (χ2n) is 7.63. The molecule has 0 aliphatic carbocycles. The SMILES string of the molecule is COC(=O)c1scc(NC(=O)Nc2cc(N(C)Cc3c(OC)ccc(F)c3F)c(OC)cc2F)c1C(=O)O. The summed E-state index contributed by atoms with van der Waals surface area (Å²) in [5.41, 5.74) is -0.936. The molecule has 1 heterocycles. The first-order valence-electron chi connectivity index (χ1n) is 10.6. The van der Waals surface area contributed by atoms with Crippen LogP contribution in [0.4, 0.5) is 35.0 Å². The molecule has 2 amide bonds. The number of carbonyl (C=O) groups excluding carboxylic acids is 2. The summed E-state index contributed by atoms with van der Waals surface area (Å²) in [5, 5.41) is 15.2. The van der Waals surface area contributed by atoms with Gasteiger partial charge in [-0.1, -0.05) is 0 Å². The molecule has 0 saturated carbocycles. The Hall–Kier alpha value is -4.46. The number of nitrogens with one attached hydrogen (secondary N) is 2. The van der Waals surface area contributed by atoms with Gasteiger partial charge in [-0.15, -0.1) is 11.3 Å². The molecule has 10 nitrogen and oxygen atoms in total. The van der Waals surface area contributed by atoms with E-state index in [0.29, 0.717) is 0 Å². The van der Waals surface area contributed by atoms with Gasteiger partial charge in [-0.25, -0.2) is 27.6 Å². The van der Waals surface area contributed by atoms with E-state index in [1.165, 1.54) is 43.7 Å². The Bertz CT molecular complexity index is 1400. The van der Waals surface area contributed by atoms with Gasteiger partial charge in [0.05, 0.1) is 44.0 Å². The van der Waals surface area contributed by atoms with Crippen molar-refractivity contribution in [3.63, 3.8) is 0 Å². The number of halogens is 3. The summed E-state index contributed by atoms with van der Waals surface area (Å²) in [6.45, 7) is -0.215. The molecule has 0 bridgehead atoms. The number of rotatable bonds is 9. The van der Waals surface area contributed by atoms with Crippen molar-refractivity contribution in [3.8, 4) is 11.5 Å². The van der Waals surface area contributed by atoms with Crippen molar-refractivity contribution in [2.75, 3.05) is 43.9 Å². The zero-order chi connectivity index (χ0) is 28.1. The number of amides is 2. The number of urea groups is 1. The van der Waals surface area contributed by atoms with Crippen LogP contribution in [0.5, 0.6) is 11.5 Å². The lowest BCUT2D eigenvalue weighted by atomic mass is 10.1. The number of hydrogen-bond acceptors (Lipinski definition) is 8. The number of carboxylic acid groups (broad SMARTS) is 1. The van der Waals surface area contributed by atoms with E-state index in [1.54, 1.807) is 0 Å². The van der Waals surface area contributed by atoms with Crippen LogP contribution in [0, 0.1) is 17.5 Å². The Kier molecular flexibility index (Phi) is 8.68. The quantitative estimate of drug-likeness (QED) is 0.318.